The molecule has 0 aliphatic carbocycles. The highest BCUT2D eigenvalue weighted by Gasteiger charge is 2.37. The lowest BCUT2D eigenvalue weighted by atomic mass is 10.0. The van der Waals surface area contributed by atoms with Crippen molar-refractivity contribution < 1.29 is 18.6 Å². The lowest BCUT2D eigenvalue weighted by Crippen LogP contribution is -2.40. The standard InChI is InChI=1S/C27H53N5O4Si2/c1-10-27(34-16-17-35-27)15-13-11-12-14-24(30-31-28)25-29-23(21-36-38(8,9)26(2,3)4)20-32(25)22-33-18-19-37(5,6)7/h20,24H,10-19,21-22H2,1-9H3. The van der Waals surface area contributed by atoms with Crippen LogP contribution in [0, 0.1) is 0 Å². The van der Waals surface area contributed by atoms with E-state index in [1.54, 1.807) is 0 Å². The molecule has 1 aliphatic rings. The van der Waals surface area contributed by atoms with Crippen molar-refractivity contribution in [2.75, 3.05) is 19.8 Å². The zero-order chi connectivity index (χ0) is 28.5. The average molecular weight is 568 g/mol. The SMILES string of the molecule is CCC1(CCCCCC(N=[N+]=[N-])c2nc(CO[Si](C)(C)C(C)(C)C)cn2COCC[Si](C)(C)C)OCCO1. The number of nitrogens with zero attached hydrogens (tertiary/aromatic N) is 5. The van der Waals surface area contributed by atoms with Gasteiger partial charge in [-0.15, -0.1) is 0 Å². The summed E-state index contributed by atoms with van der Waals surface area (Å²) >= 11 is 0. The van der Waals surface area contributed by atoms with Gasteiger partial charge in [0.25, 0.3) is 0 Å². The van der Waals surface area contributed by atoms with Crippen molar-refractivity contribution in [3.05, 3.63) is 28.2 Å². The van der Waals surface area contributed by atoms with Gasteiger partial charge in [-0.25, -0.2) is 4.98 Å². The Morgan fingerprint density at radius 2 is 1.84 bits per heavy atom. The number of ether oxygens (including phenoxy) is 3. The van der Waals surface area contributed by atoms with Gasteiger partial charge in [-0.05, 0) is 49.0 Å². The van der Waals surface area contributed by atoms with Gasteiger partial charge in [-0.3, -0.25) is 0 Å². The van der Waals surface area contributed by atoms with Crippen molar-refractivity contribution in [3.8, 4) is 0 Å². The van der Waals surface area contributed by atoms with Crippen molar-refractivity contribution in [1.82, 2.24) is 9.55 Å². The molecular formula is C27H53N5O4Si2. The van der Waals surface area contributed by atoms with Gasteiger partial charge >= 0.3 is 0 Å². The predicted molar refractivity (Wildman–Crippen MR) is 158 cm³/mol. The number of hydrogen-bond donors (Lipinski definition) is 0. The maximum atomic E-state index is 9.35. The van der Waals surface area contributed by atoms with Gasteiger partial charge in [-0.1, -0.05) is 65.3 Å². The van der Waals surface area contributed by atoms with Crippen LogP contribution in [-0.2, 0) is 32.0 Å². The van der Waals surface area contributed by atoms with E-state index in [2.05, 4.69) is 70.5 Å². The van der Waals surface area contributed by atoms with E-state index in [9.17, 15) is 5.53 Å². The van der Waals surface area contributed by atoms with E-state index >= 15 is 0 Å². The molecule has 0 N–H and O–H groups in total. The summed E-state index contributed by atoms with van der Waals surface area (Å²) < 4.78 is 26.2. The third-order valence-electron chi connectivity index (χ3n) is 7.85. The molecule has 0 amide bonds. The fourth-order valence-corrected chi connectivity index (χ4v) is 5.87. The maximum absolute atomic E-state index is 9.35. The summed E-state index contributed by atoms with van der Waals surface area (Å²) in [5.41, 5.74) is 10.2. The van der Waals surface area contributed by atoms with Crippen molar-refractivity contribution in [3.63, 3.8) is 0 Å². The molecule has 2 heterocycles. The molecule has 0 bridgehead atoms. The molecule has 0 aromatic carbocycles. The first-order valence-electron chi connectivity index (χ1n) is 14.3. The van der Waals surface area contributed by atoms with E-state index in [0.29, 0.717) is 26.6 Å². The summed E-state index contributed by atoms with van der Waals surface area (Å²) in [6, 6.07) is 0.756. The number of imidazole rings is 1. The number of rotatable bonds is 17. The van der Waals surface area contributed by atoms with Crippen LogP contribution in [-0.4, -0.2) is 51.6 Å². The second-order valence-corrected chi connectivity index (χ2v) is 23.7. The van der Waals surface area contributed by atoms with Crippen LogP contribution >= 0.6 is 0 Å². The fourth-order valence-electron chi connectivity index (χ4n) is 4.17. The Bertz CT molecular complexity index is 898. The summed E-state index contributed by atoms with van der Waals surface area (Å²) in [7, 11) is -3.10. The molecule has 0 spiro atoms. The normalized spacial score (nSPS) is 17.0. The summed E-state index contributed by atoms with van der Waals surface area (Å²) in [4.78, 5) is 8.08. The van der Waals surface area contributed by atoms with Crippen LogP contribution in [0.3, 0.4) is 0 Å². The van der Waals surface area contributed by atoms with Crippen LogP contribution in [0.2, 0.25) is 43.8 Å². The number of unbranched alkanes of at least 4 members (excludes halogenated alkanes) is 2. The molecule has 1 atom stereocenters. The Morgan fingerprint density at radius 1 is 1.16 bits per heavy atom. The van der Waals surface area contributed by atoms with E-state index in [1.807, 2.05) is 10.8 Å². The Morgan fingerprint density at radius 3 is 2.42 bits per heavy atom. The number of aromatic nitrogens is 2. The summed E-state index contributed by atoms with van der Waals surface area (Å²) in [6.07, 6.45) is 7.46. The molecule has 1 aliphatic heterocycles. The van der Waals surface area contributed by atoms with E-state index in [0.717, 1.165) is 62.7 Å². The number of hydrogen-bond acceptors (Lipinski definition) is 6. The summed E-state index contributed by atoms with van der Waals surface area (Å²) in [6.45, 7) is 23.3. The second kappa shape index (κ2) is 14.4. The Balaban J connectivity index is 2.08. The molecule has 1 saturated heterocycles. The van der Waals surface area contributed by atoms with Gasteiger partial charge in [0, 0.05) is 32.2 Å². The van der Waals surface area contributed by atoms with Gasteiger partial charge in [0.1, 0.15) is 12.6 Å². The first-order valence-corrected chi connectivity index (χ1v) is 20.9. The largest absolute Gasteiger partial charge is 0.411 e. The van der Waals surface area contributed by atoms with Gasteiger partial charge in [0.05, 0.1) is 31.6 Å². The molecule has 1 fully saturated rings. The average Bonchev–Trinajstić information content (AvgIpc) is 3.46. The molecule has 218 valence electrons. The van der Waals surface area contributed by atoms with E-state index < -0.39 is 22.2 Å². The fraction of sp³-hybridized carbons (Fsp3) is 0.889. The third kappa shape index (κ3) is 10.4. The zero-order valence-corrected chi connectivity index (χ0v) is 27.5. The van der Waals surface area contributed by atoms with Gasteiger partial charge < -0.3 is 23.2 Å². The molecular weight excluding hydrogens is 515 g/mol. The maximum Gasteiger partial charge on any atom is 0.192 e. The lowest BCUT2D eigenvalue weighted by molar-refractivity contribution is -0.164. The minimum Gasteiger partial charge on any atom is -0.411 e. The molecule has 0 radical (unpaired) electrons. The first kappa shape index (κ1) is 33.0. The molecule has 2 rings (SSSR count). The van der Waals surface area contributed by atoms with E-state index in [-0.39, 0.29) is 11.1 Å². The monoisotopic (exact) mass is 567 g/mol. The molecule has 9 nitrogen and oxygen atoms in total. The van der Waals surface area contributed by atoms with Crippen LogP contribution in [0.1, 0.15) is 83.8 Å². The highest BCUT2D eigenvalue weighted by molar-refractivity contribution is 6.76. The van der Waals surface area contributed by atoms with Crippen LogP contribution in [0.25, 0.3) is 10.4 Å². The number of azide groups is 1. The highest BCUT2D eigenvalue weighted by atomic mass is 28.4. The van der Waals surface area contributed by atoms with Crippen LogP contribution in [0.5, 0.6) is 0 Å². The molecule has 1 aromatic rings. The molecule has 1 aromatic heterocycles. The zero-order valence-electron chi connectivity index (χ0n) is 25.5. The van der Waals surface area contributed by atoms with Crippen molar-refractivity contribution in [2.45, 2.75) is 135 Å². The lowest BCUT2D eigenvalue weighted by Gasteiger charge is -2.35. The summed E-state index contributed by atoms with van der Waals surface area (Å²) in [5.74, 6) is 0.351. The highest BCUT2D eigenvalue weighted by Crippen LogP contribution is 2.37. The van der Waals surface area contributed by atoms with Crippen molar-refractivity contribution >= 4 is 16.4 Å². The summed E-state index contributed by atoms with van der Waals surface area (Å²) in [5, 5.41) is 4.28. The van der Waals surface area contributed by atoms with Gasteiger partial charge in [0.2, 0.25) is 0 Å². The molecule has 0 saturated carbocycles. The van der Waals surface area contributed by atoms with E-state index in [1.165, 1.54) is 0 Å². The molecule has 1 unspecified atom stereocenters. The van der Waals surface area contributed by atoms with Gasteiger partial charge in [0.15, 0.2) is 14.1 Å². The molecule has 11 heteroatoms. The quantitative estimate of drug-likeness (QED) is 0.0621. The van der Waals surface area contributed by atoms with Crippen molar-refractivity contribution in [2.24, 2.45) is 5.11 Å². The minimum absolute atomic E-state index is 0.122. The Hall–Kier alpha value is -1.21. The minimum atomic E-state index is -1.92. The van der Waals surface area contributed by atoms with Crippen molar-refractivity contribution in [1.29, 1.82) is 0 Å². The predicted octanol–water partition coefficient (Wildman–Crippen LogP) is 8.17. The van der Waals surface area contributed by atoms with Crippen LogP contribution in [0.4, 0.5) is 0 Å². The van der Waals surface area contributed by atoms with Crippen LogP contribution < -0.4 is 0 Å². The second-order valence-electron chi connectivity index (χ2n) is 13.2. The topological polar surface area (TPSA) is 104 Å². The van der Waals surface area contributed by atoms with E-state index in [4.69, 9.17) is 23.6 Å². The molecule has 38 heavy (non-hydrogen) atoms. The third-order valence-corrected chi connectivity index (χ3v) is 14.0. The first-order chi connectivity index (χ1) is 17.7. The Labute approximate surface area is 232 Å². The Kier molecular flexibility index (Phi) is 12.5. The smallest absolute Gasteiger partial charge is 0.192 e. The van der Waals surface area contributed by atoms with Gasteiger partial charge in [-0.2, -0.15) is 0 Å². The van der Waals surface area contributed by atoms with Crippen LogP contribution in [0.15, 0.2) is 11.3 Å².